The van der Waals surface area contributed by atoms with Gasteiger partial charge in [-0.1, -0.05) is 12.1 Å². The summed E-state index contributed by atoms with van der Waals surface area (Å²) in [4.78, 5) is 11.1. The van der Waals surface area contributed by atoms with Gasteiger partial charge in [-0.15, -0.1) is 21.5 Å². The highest BCUT2D eigenvalue weighted by molar-refractivity contribution is 7.07. The lowest BCUT2D eigenvalue weighted by atomic mass is 10.1. The topological polar surface area (TPSA) is 68.0 Å². The Morgan fingerprint density at radius 3 is 2.20 bits per heavy atom. The third kappa shape index (κ3) is 4.24. The summed E-state index contributed by atoms with van der Waals surface area (Å²) in [5.74, 6) is -1.16. The number of nitrogens with zero attached hydrogens (tertiary/aromatic N) is 3. The maximum Gasteiger partial charge on any atom is 0.418 e. The molecular formula is C16H14F3N3O2S. The Morgan fingerprint density at radius 2 is 1.76 bits per heavy atom. The highest BCUT2D eigenvalue weighted by Crippen LogP contribution is 2.35. The van der Waals surface area contributed by atoms with Crippen molar-refractivity contribution in [2.24, 2.45) is 0 Å². The third-order valence-corrected chi connectivity index (χ3v) is 3.83. The first kappa shape index (κ1) is 18.7. The van der Waals surface area contributed by atoms with Crippen LogP contribution in [-0.2, 0) is 6.18 Å². The molecule has 0 radical (unpaired) electrons. The number of carboxylic acid groups (broad SMARTS) is 1. The maximum atomic E-state index is 13.0. The average Bonchev–Trinajstić information content (AvgIpc) is 3.19. The molecule has 25 heavy (non-hydrogen) atoms. The molecule has 1 aromatic carbocycles. The molecule has 0 aliphatic heterocycles. The van der Waals surface area contributed by atoms with Gasteiger partial charge in [-0.25, -0.2) is 4.79 Å². The van der Waals surface area contributed by atoms with Crippen LogP contribution in [0.3, 0.4) is 0 Å². The fraction of sp³-hybridized carbons (Fsp3) is 0.188. The largest absolute Gasteiger partial charge is 0.478 e. The fourth-order valence-corrected chi connectivity index (χ4v) is 2.67. The van der Waals surface area contributed by atoms with E-state index in [-0.39, 0.29) is 16.9 Å². The van der Waals surface area contributed by atoms with Crippen molar-refractivity contribution in [1.82, 2.24) is 14.8 Å². The molecule has 0 saturated carbocycles. The number of benzene rings is 1. The van der Waals surface area contributed by atoms with Crippen LogP contribution in [0.2, 0.25) is 0 Å². The van der Waals surface area contributed by atoms with E-state index in [0.29, 0.717) is 5.69 Å². The number of halogens is 3. The summed E-state index contributed by atoms with van der Waals surface area (Å²) in [5.41, 5.74) is 3.21. The predicted octanol–water partition coefficient (Wildman–Crippen LogP) is 4.35. The van der Waals surface area contributed by atoms with Crippen molar-refractivity contribution in [3.8, 4) is 5.69 Å². The van der Waals surface area contributed by atoms with Crippen LogP contribution in [0.4, 0.5) is 13.2 Å². The molecule has 0 aliphatic rings. The van der Waals surface area contributed by atoms with Crippen molar-refractivity contribution in [2.45, 2.75) is 20.0 Å². The van der Waals surface area contributed by atoms with E-state index in [1.165, 1.54) is 47.1 Å². The molecule has 0 saturated heterocycles. The van der Waals surface area contributed by atoms with E-state index in [9.17, 15) is 18.0 Å². The molecule has 3 rings (SSSR count). The van der Waals surface area contributed by atoms with Crippen LogP contribution in [-0.4, -0.2) is 25.8 Å². The van der Waals surface area contributed by atoms with E-state index in [2.05, 4.69) is 10.2 Å². The summed E-state index contributed by atoms with van der Waals surface area (Å²) >= 11 is 1.49. The molecule has 0 amide bonds. The van der Waals surface area contributed by atoms with E-state index in [1.807, 2.05) is 0 Å². The first-order valence-electron chi connectivity index (χ1n) is 7.01. The van der Waals surface area contributed by atoms with E-state index < -0.39 is 17.7 Å². The highest BCUT2D eigenvalue weighted by Gasteiger charge is 2.34. The van der Waals surface area contributed by atoms with Gasteiger partial charge >= 0.3 is 12.1 Å². The van der Waals surface area contributed by atoms with Crippen LogP contribution in [0.5, 0.6) is 0 Å². The number of rotatable bonds is 2. The Kier molecular flexibility index (Phi) is 5.58. The van der Waals surface area contributed by atoms with E-state index in [4.69, 9.17) is 5.11 Å². The number of aryl methyl sites for hydroxylation is 1. The molecular weight excluding hydrogens is 355 g/mol. The number of aromatic nitrogens is 3. The van der Waals surface area contributed by atoms with Crippen molar-refractivity contribution < 1.29 is 23.1 Å². The van der Waals surface area contributed by atoms with Crippen LogP contribution < -0.4 is 0 Å². The second-order valence-electron chi connectivity index (χ2n) is 5.02. The standard InChI is InChI=1S/C14H12F3NO2.C2H2N2S/c1-8-7-10(13(19)20)9(2)18(8)12-6-4-3-5-11(12)14(15,16)17;1-3-4-2-5-1/h3-7H,1-2H3,(H,19,20);1-2H. The van der Waals surface area contributed by atoms with Crippen LogP contribution in [0.15, 0.2) is 41.4 Å². The van der Waals surface area contributed by atoms with Crippen LogP contribution >= 0.6 is 11.3 Å². The SMILES string of the molecule is Cc1cc(C(=O)O)c(C)n1-c1ccccc1C(F)(F)F.c1nncs1. The van der Waals surface area contributed by atoms with Gasteiger partial charge in [0.15, 0.2) is 0 Å². The van der Waals surface area contributed by atoms with Gasteiger partial charge in [-0.3, -0.25) is 0 Å². The Morgan fingerprint density at radius 1 is 1.16 bits per heavy atom. The second kappa shape index (κ2) is 7.47. The molecule has 1 N–H and O–H groups in total. The van der Waals surface area contributed by atoms with Crippen molar-refractivity contribution >= 4 is 17.3 Å². The molecule has 9 heteroatoms. The summed E-state index contributed by atoms with van der Waals surface area (Å²) in [6.45, 7) is 3.07. The lowest BCUT2D eigenvalue weighted by molar-refractivity contribution is -0.137. The Labute approximate surface area is 145 Å². The third-order valence-electron chi connectivity index (χ3n) is 3.39. The van der Waals surface area contributed by atoms with Gasteiger partial charge in [0.25, 0.3) is 0 Å². The molecule has 0 unspecified atom stereocenters. The number of alkyl halides is 3. The molecule has 0 fully saturated rings. The number of para-hydroxylation sites is 1. The van der Waals surface area contributed by atoms with Crippen LogP contribution in [0.25, 0.3) is 5.69 Å². The minimum atomic E-state index is -4.50. The van der Waals surface area contributed by atoms with E-state index >= 15 is 0 Å². The molecule has 3 aromatic rings. The predicted molar refractivity (Wildman–Crippen MR) is 87.1 cm³/mol. The maximum absolute atomic E-state index is 13.0. The van der Waals surface area contributed by atoms with Crippen LogP contribution in [0.1, 0.15) is 27.3 Å². The van der Waals surface area contributed by atoms with Gasteiger partial charge in [-0.2, -0.15) is 13.2 Å². The zero-order chi connectivity index (χ0) is 18.6. The molecule has 0 bridgehead atoms. The highest BCUT2D eigenvalue weighted by atomic mass is 32.1. The number of carbonyl (C=O) groups is 1. The number of carboxylic acids is 1. The smallest absolute Gasteiger partial charge is 0.418 e. The Bertz CT molecular complexity index is 841. The van der Waals surface area contributed by atoms with Crippen molar-refractivity contribution in [3.05, 3.63) is 63.9 Å². The summed E-state index contributed by atoms with van der Waals surface area (Å²) < 4.78 is 40.4. The minimum absolute atomic E-state index is 0.000484. The molecule has 132 valence electrons. The second-order valence-corrected chi connectivity index (χ2v) is 5.71. The Balaban J connectivity index is 0.000000386. The molecule has 0 aliphatic carbocycles. The summed E-state index contributed by atoms with van der Waals surface area (Å²) in [6.07, 6.45) is -4.50. The van der Waals surface area contributed by atoms with Crippen LogP contribution in [0, 0.1) is 13.8 Å². The first-order valence-corrected chi connectivity index (χ1v) is 7.95. The minimum Gasteiger partial charge on any atom is -0.478 e. The van der Waals surface area contributed by atoms with Gasteiger partial charge < -0.3 is 9.67 Å². The zero-order valence-electron chi connectivity index (χ0n) is 13.3. The average molecular weight is 369 g/mol. The zero-order valence-corrected chi connectivity index (χ0v) is 14.1. The van der Waals surface area contributed by atoms with E-state index in [0.717, 1.165) is 6.07 Å². The summed E-state index contributed by atoms with van der Waals surface area (Å²) in [5, 5.41) is 16.0. The fourth-order valence-electron chi connectivity index (χ4n) is 2.39. The van der Waals surface area contributed by atoms with Crippen molar-refractivity contribution in [2.75, 3.05) is 0 Å². The van der Waals surface area contributed by atoms with Gasteiger partial charge in [0.05, 0.1) is 16.8 Å². The molecule has 0 spiro atoms. The summed E-state index contributed by atoms with van der Waals surface area (Å²) in [7, 11) is 0. The first-order chi connectivity index (χ1) is 11.7. The van der Waals surface area contributed by atoms with Crippen molar-refractivity contribution in [3.63, 3.8) is 0 Å². The Hall–Kier alpha value is -2.68. The van der Waals surface area contributed by atoms with E-state index in [1.54, 1.807) is 17.9 Å². The molecule has 5 nitrogen and oxygen atoms in total. The quantitative estimate of drug-likeness (QED) is 0.729. The number of hydrogen-bond acceptors (Lipinski definition) is 4. The van der Waals surface area contributed by atoms with Gasteiger partial charge in [0.1, 0.15) is 11.0 Å². The van der Waals surface area contributed by atoms with Gasteiger partial charge in [0, 0.05) is 11.4 Å². The monoisotopic (exact) mass is 369 g/mol. The lowest BCUT2D eigenvalue weighted by Gasteiger charge is -2.16. The number of hydrogen-bond donors (Lipinski definition) is 1. The normalized spacial score (nSPS) is 10.9. The van der Waals surface area contributed by atoms with Gasteiger partial charge in [-0.05, 0) is 32.0 Å². The van der Waals surface area contributed by atoms with Gasteiger partial charge in [0.2, 0.25) is 0 Å². The molecule has 0 atom stereocenters. The molecule has 2 heterocycles. The molecule has 2 aromatic heterocycles. The van der Waals surface area contributed by atoms with Crippen molar-refractivity contribution in [1.29, 1.82) is 0 Å². The number of aromatic carboxylic acids is 1. The lowest BCUT2D eigenvalue weighted by Crippen LogP contribution is -2.12. The summed E-state index contributed by atoms with van der Waals surface area (Å²) in [6, 6.07) is 6.47.